The molecule has 1 aliphatic rings. The maximum Gasteiger partial charge on any atom is 0.253 e. The summed E-state index contributed by atoms with van der Waals surface area (Å²) in [7, 11) is -3.46. The Morgan fingerprint density at radius 1 is 1.22 bits per heavy atom. The topological polar surface area (TPSA) is 84.5 Å². The van der Waals surface area contributed by atoms with Gasteiger partial charge >= 0.3 is 0 Å². The summed E-state index contributed by atoms with van der Waals surface area (Å²) in [4.78, 5) is 12.9. The number of nitrogens with one attached hydrogen (secondary N) is 2. The highest BCUT2D eigenvalue weighted by Crippen LogP contribution is 2.39. The van der Waals surface area contributed by atoms with Crippen LogP contribution in [0.2, 0.25) is 5.02 Å². The molecule has 0 saturated heterocycles. The van der Waals surface area contributed by atoms with Crippen LogP contribution in [0.4, 0.5) is 5.69 Å². The number of halogens is 1. The number of anilines is 1. The number of carbonyl (C=O) groups excluding carboxylic acids is 1. The quantitative estimate of drug-likeness (QED) is 0.806. The molecule has 27 heavy (non-hydrogen) atoms. The molecule has 0 radical (unpaired) electrons. The van der Waals surface area contributed by atoms with Crippen molar-refractivity contribution in [3.05, 3.63) is 58.6 Å². The average Bonchev–Trinajstić information content (AvgIpc) is 2.54. The van der Waals surface area contributed by atoms with Crippen LogP contribution in [-0.4, -0.2) is 26.2 Å². The van der Waals surface area contributed by atoms with Gasteiger partial charge in [0.05, 0.1) is 22.9 Å². The van der Waals surface area contributed by atoms with E-state index in [0.717, 1.165) is 17.6 Å². The van der Waals surface area contributed by atoms with E-state index in [0.29, 0.717) is 6.42 Å². The van der Waals surface area contributed by atoms with E-state index in [2.05, 4.69) is 10.0 Å². The zero-order valence-corrected chi connectivity index (χ0v) is 16.8. The Morgan fingerprint density at radius 3 is 2.63 bits per heavy atom. The molecule has 0 aliphatic carbocycles. The summed E-state index contributed by atoms with van der Waals surface area (Å²) >= 11 is 6.17. The van der Waals surface area contributed by atoms with E-state index in [1.54, 1.807) is 0 Å². The average molecular weight is 409 g/mol. The second-order valence-corrected chi connectivity index (χ2v) is 9.35. The molecule has 3 rings (SSSR count). The Morgan fingerprint density at radius 2 is 1.93 bits per heavy atom. The Bertz CT molecular complexity index is 989. The fourth-order valence-corrected chi connectivity index (χ4v) is 3.90. The molecule has 0 fully saturated rings. The van der Waals surface area contributed by atoms with Crippen molar-refractivity contribution in [2.75, 3.05) is 11.0 Å². The van der Waals surface area contributed by atoms with Gasteiger partial charge in [0.1, 0.15) is 11.4 Å². The highest BCUT2D eigenvalue weighted by atomic mass is 35.5. The van der Waals surface area contributed by atoms with Crippen molar-refractivity contribution in [1.82, 2.24) is 5.32 Å². The maximum absolute atomic E-state index is 12.9. The number of hydrogen-bond donors (Lipinski definition) is 2. The molecular formula is C19H21ClN2O4S. The Hall–Kier alpha value is -2.25. The van der Waals surface area contributed by atoms with Gasteiger partial charge in [0.25, 0.3) is 5.91 Å². The molecular weight excluding hydrogens is 388 g/mol. The normalized spacial score (nSPS) is 18.1. The van der Waals surface area contributed by atoms with Crippen molar-refractivity contribution >= 4 is 33.2 Å². The van der Waals surface area contributed by atoms with Gasteiger partial charge in [0.15, 0.2) is 0 Å². The molecule has 0 saturated carbocycles. The molecule has 2 N–H and O–H groups in total. The number of para-hydroxylation sites is 1. The SMILES string of the molecule is CC1(C)CC(NC(=O)c2cc(NS(C)(=O)=O)ccc2Cl)c2ccccc2O1. The number of sulfonamides is 1. The number of benzene rings is 2. The van der Waals surface area contributed by atoms with Gasteiger partial charge in [-0.25, -0.2) is 8.42 Å². The van der Waals surface area contributed by atoms with Gasteiger partial charge in [-0.3, -0.25) is 9.52 Å². The van der Waals surface area contributed by atoms with Gasteiger partial charge in [0, 0.05) is 17.7 Å². The minimum atomic E-state index is -3.46. The third-order valence-electron chi connectivity index (χ3n) is 4.20. The van der Waals surface area contributed by atoms with E-state index >= 15 is 0 Å². The van der Waals surface area contributed by atoms with Crippen LogP contribution >= 0.6 is 11.6 Å². The van der Waals surface area contributed by atoms with E-state index in [-0.39, 0.29) is 28.2 Å². The molecule has 0 spiro atoms. The standard InChI is InChI=1S/C19H21ClN2O4S/c1-19(2)11-16(13-6-4-5-7-17(13)26-19)21-18(23)14-10-12(8-9-15(14)20)22-27(3,24)25/h4-10,16,22H,11H2,1-3H3,(H,21,23). The lowest BCUT2D eigenvalue weighted by atomic mass is 9.89. The maximum atomic E-state index is 12.9. The summed E-state index contributed by atoms with van der Waals surface area (Å²) in [6.45, 7) is 3.93. The largest absolute Gasteiger partial charge is 0.487 e. The smallest absolute Gasteiger partial charge is 0.253 e. The van der Waals surface area contributed by atoms with Crippen molar-refractivity contribution in [1.29, 1.82) is 0 Å². The van der Waals surface area contributed by atoms with E-state index in [1.807, 2.05) is 38.1 Å². The van der Waals surface area contributed by atoms with Crippen molar-refractivity contribution in [3.8, 4) is 5.75 Å². The van der Waals surface area contributed by atoms with Gasteiger partial charge < -0.3 is 10.1 Å². The molecule has 6 nitrogen and oxygen atoms in total. The molecule has 1 aliphatic heterocycles. The van der Waals surface area contributed by atoms with Crippen molar-refractivity contribution in [3.63, 3.8) is 0 Å². The predicted molar refractivity (Wildman–Crippen MR) is 106 cm³/mol. The van der Waals surface area contributed by atoms with Gasteiger partial charge in [0.2, 0.25) is 10.0 Å². The van der Waals surface area contributed by atoms with Gasteiger partial charge in [-0.15, -0.1) is 0 Å². The third kappa shape index (κ3) is 4.73. The number of rotatable bonds is 4. The third-order valence-corrected chi connectivity index (χ3v) is 5.13. The Kier molecular flexibility index (Phi) is 5.10. The van der Waals surface area contributed by atoms with Crippen LogP contribution in [0.5, 0.6) is 5.75 Å². The molecule has 0 bridgehead atoms. The van der Waals surface area contributed by atoms with Crippen LogP contribution in [0, 0.1) is 0 Å². The molecule has 144 valence electrons. The molecule has 0 aromatic heterocycles. The molecule has 1 amide bonds. The molecule has 1 atom stereocenters. The first-order valence-corrected chi connectivity index (χ1v) is 10.7. The second kappa shape index (κ2) is 7.05. The number of hydrogen-bond acceptors (Lipinski definition) is 4. The summed E-state index contributed by atoms with van der Waals surface area (Å²) in [5.41, 5.74) is 0.939. The molecule has 2 aromatic carbocycles. The van der Waals surface area contributed by atoms with Gasteiger partial charge in [-0.1, -0.05) is 29.8 Å². The monoisotopic (exact) mass is 408 g/mol. The van der Waals surface area contributed by atoms with Crippen LogP contribution in [-0.2, 0) is 10.0 Å². The van der Waals surface area contributed by atoms with E-state index < -0.39 is 15.6 Å². The van der Waals surface area contributed by atoms with E-state index in [1.165, 1.54) is 18.2 Å². The van der Waals surface area contributed by atoms with Crippen LogP contribution < -0.4 is 14.8 Å². The molecule has 1 heterocycles. The van der Waals surface area contributed by atoms with Crippen LogP contribution in [0.3, 0.4) is 0 Å². The Labute approximate surface area is 163 Å². The number of fused-ring (bicyclic) bond motifs is 1. The van der Waals surface area contributed by atoms with Gasteiger partial charge in [-0.2, -0.15) is 0 Å². The molecule has 2 aromatic rings. The van der Waals surface area contributed by atoms with Crippen molar-refractivity contribution < 1.29 is 17.9 Å². The summed E-state index contributed by atoms with van der Waals surface area (Å²) in [6, 6.07) is 11.7. The zero-order chi connectivity index (χ0) is 19.8. The minimum absolute atomic E-state index is 0.201. The minimum Gasteiger partial charge on any atom is -0.487 e. The Balaban J connectivity index is 1.88. The lowest BCUT2D eigenvalue weighted by Gasteiger charge is -2.37. The fourth-order valence-electron chi connectivity index (χ4n) is 3.14. The summed E-state index contributed by atoms with van der Waals surface area (Å²) in [6.07, 6.45) is 1.64. The number of ether oxygens (including phenoxy) is 1. The first-order chi connectivity index (χ1) is 12.5. The summed E-state index contributed by atoms with van der Waals surface area (Å²) < 4.78 is 31.2. The first-order valence-electron chi connectivity index (χ1n) is 8.40. The van der Waals surface area contributed by atoms with E-state index in [4.69, 9.17) is 16.3 Å². The van der Waals surface area contributed by atoms with Crippen LogP contribution in [0.25, 0.3) is 0 Å². The highest BCUT2D eigenvalue weighted by molar-refractivity contribution is 7.92. The second-order valence-electron chi connectivity index (χ2n) is 7.20. The number of amides is 1. The molecule has 8 heteroatoms. The van der Waals surface area contributed by atoms with Crippen molar-refractivity contribution in [2.24, 2.45) is 0 Å². The van der Waals surface area contributed by atoms with Crippen molar-refractivity contribution in [2.45, 2.75) is 31.9 Å². The van der Waals surface area contributed by atoms with Crippen LogP contribution in [0.15, 0.2) is 42.5 Å². The van der Waals surface area contributed by atoms with Gasteiger partial charge in [-0.05, 0) is 38.1 Å². The first kappa shape index (κ1) is 19.5. The lowest BCUT2D eigenvalue weighted by molar-refractivity contribution is 0.0620. The fraction of sp³-hybridized carbons (Fsp3) is 0.316. The number of carbonyl (C=O) groups is 1. The van der Waals surface area contributed by atoms with E-state index in [9.17, 15) is 13.2 Å². The zero-order valence-electron chi connectivity index (χ0n) is 15.2. The molecule has 1 unspecified atom stereocenters. The van der Waals surface area contributed by atoms with Crippen LogP contribution in [0.1, 0.15) is 42.2 Å². The lowest BCUT2D eigenvalue weighted by Crippen LogP contribution is -2.41. The summed E-state index contributed by atoms with van der Waals surface area (Å²) in [5, 5.41) is 3.24. The summed E-state index contributed by atoms with van der Waals surface area (Å²) in [5.74, 6) is 0.354. The predicted octanol–water partition coefficient (Wildman–Crippen LogP) is 3.74. The highest BCUT2D eigenvalue weighted by Gasteiger charge is 2.34.